The summed E-state index contributed by atoms with van der Waals surface area (Å²) >= 11 is 25.7. The molecule has 0 bridgehead atoms. The average molecular weight is 1870 g/mol. The molecule has 6 aliphatic heterocycles. The Labute approximate surface area is 710 Å². The van der Waals surface area contributed by atoms with Gasteiger partial charge in [-0.15, -0.1) is 24.2 Å². The van der Waals surface area contributed by atoms with E-state index in [9.17, 15) is 28.8 Å². The number of halogens is 6. The maximum absolute atomic E-state index is 13.4. The van der Waals surface area contributed by atoms with Crippen molar-refractivity contribution in [3.05, 3.63) is 171 Å². The zero-order chi connectivity index (χ0) is 77.5. The SMILES string of the molecule is C1COCCN1.CNOC.COC(=O)c1ccc(Br)cn1.COC(=O)c1ccc(N2CCOCC2)c(Br)n1.COC(=O)c1ccc(N2CCOCC2)cn1.Cl.O=C(O)c1ccc(N2CCOCC2)c(Br)n1.O=C1CC(c2ccsc2)(c2ccc(N3CCOCC3)c(Br)n2)NC(=O)C1Sc1ccccc1Cl.[B]=NS.[Li+].[OH-]. The van der Waals surface area contributed by atoms with E-state index in [0.717, 1.165) is 125 Å². The van der Waals surface area contributed by atoms with Crippen molar-refractivity contribution in [2.24, 2.45) is 4.30 Å². The zero-order valence-electron chi connectivity index (χ0n) is 61.0. The number of aromatic carboxylic acids is 1. The van der Waals surface area contributed by atoms with Crippen LogP contribution in [0.4, 0.5) is 22.7 Å². The van der Waals surface area contributed by atoms with Gasteiger partial charge in [-0.3, -0.25) is 9.59 Å². The number of thiol groups is 1. The molecule has 2 atom stereocenters. The van der Waals surface area contributed by atoms with Crippen LogP contribution in [0, 0.1) is 0 Å². The number of amides is 1. The summed E-state index contributed by atoms with van der Waals surface area (Å²) in [6.45, 7) is 16.0. The van der Waals surface area contributed by atoms with Crippen molar-refractivity contribution < 1.29 is 101 Å². The summed E-state index contributed by atoms with van der Waals surface area (Å²) in [6.07, 6.45) is 3.35. The van der Waals surface area contributed by atoms with E-state index in [1.165, 1.54) is 50.5 Å². The van der Waals surface area contributed by atoms with Gasteiger partial charge in [0.2, 0.25) is 5.91 Å². The Hall–Kier alpha value is -5.81. The summed E-state index contributed by atoms with van der Waals surface area (Å²) in [4.78, 5) is 105. The molecule has 6 saturated heterocycles. The number of ketones is 1. The topological polar surface area (TPSA) is 362 Å². The van der Waals surface area contributed by atoms with E-state index >= 15 is 0 Å². The number of nitrogens with one attached hydrogen (secondary N) is 3. The minimum absolute atomic E-state index is 0. The van der Waals surface area contributed by atoms with Crippen LogP contribution in [-0.2, 0) is 57.9 Å². The van der Waals surface area contributed by atoms with E-state index in [4.69, 9.17) is 45.4 Å². The standard InChI is InChI=1S/C24H21BrClN3O3S2.C11H13BrN2O3.C11H14N2O3.C10H11BrN2O3.C7H6BrNO2.C4H9NO.C2H7NO.BHNS.ClH.Li.H2O/c25-22-17(29-8-10-32-11-9-29)5-6-20(27-22)24(15-7-12-33-14-15)13-18(30)21(23(31)28-24)34-19-4-2-1-3-16(19)26;1-16-11(15)8-2-3-9(10(12)13-8)14-4-6-17-7-5-14;1-15-11(14)10-3-2-9(8-12-10)13-4-6-16-7-5-13;11-9-8(13-3-5-16-6-4-13)2-1-7(12-9)10(14)15;1-11-7(10)6-3-2-5(8)4-9-6;1-3-6-4-2-5-1;1-3-4-2;1-2-3;;;/h1-7,12,14,21H,8-11,13H2,(H,28,31);2-3H,4-7H2,1H3;2-3,8H,4-7H2,1H3;1-2H,3-6H2,(H,14,15);2-4H,1H3;5H,1-4H2;3H,1-2H3;3H;1H;;1H2/q;;;;;;;;;+1;/p-1. The number of hydrogen-bond acceptors (Lipinski definition) is 31. The molecule has 0 spiro atoms. The van der Waals surface area contributed by atoms with Crippen molar-refractivity contribution >= 4 is 190 Å². The fourth-order valence-electron chi connectivity index (χ4n) is 10.3. The van der Waals surface area contributed by atoms with E-state index in [1.54, 1.807) is 62.9 Å². The van der Waals surface area contributed by atoms with Crippen LogP contribution in [0.25, 0.3) is 0 Å². The summed E-state index contributed by atoms with van der Waals surface area (Å²) < 4.78 is 45.4. The fourth-order valence-corrected chi connectivity index (χ4v) is 14.2. The number of methoxy groups -OCH3 is 3. The van der Waals surface area contributed by atoms with Crippen molar-refractivity contribution in [1.82, 2.24) is 41.0 Å². The number of carboxylic acids is 1. The third kappa shape index (κ3) is 31.5. The van der Waals surface area contributed by atoms with E-state index in [-0.39, 0.29) is 60.5 Å². The second-order valence-electron chi connectivity index (χ2n) is 22.3. The molecule has 1 amide bonds. The van der Waals surface area contributed by atoms with Gasteiger partial charge in [0.1, 0.15) is 47.4 Å². The number of esters is 3. The van der Waals surface area contributed by atoms with Gasteiger partial charge in [0, 0.05) is 94.5 Å². The van der Waals surface area contributed by atoms with E-state index in [2.05, 4.69) is 163 Å². The summed E-state index contributed by atoms with van der Waals surface area (Å²) in [5, 5.41) is 18.7. The van der Waals surface area contributed by atoms with E-state index in [1.807, 2.05) is 59.3 Å². The monoisotopic (exact) mass is 1870 g/mol. The first-order valence-corrected chi connectivity index (χ1v) is 38.7. The van der Waals surface area contributed by atoms with Crippen LogP contribution >= 0.6 is 124 Å². The fraction of sp³-hybridized carbons (Fsp3) is 0.406. The van der Waals surface area contributed by atoms with Crippen molar-refractivity contribution in [2.75, 3.05) is 187 Å². The van der Waals surface area contributed by atoms with Gasteiger partial charge in [-0.25, -0.2) is 49.6 Å². The van der Waals surface area contributed by atoms with Gasteiger partial charge in [0.05, 0.1) is 134 Å². The van der Waals surface area contributed by atoms with E-state index in [0.29, 0.717) is 86.1 Å². The number of carbonyl (C=O) groups is 6. The Morgan fingerprint density at radius 3 is 1.45 bits per heavy atom. The number of carbonyl (C=O) groups excluding carboxylic acids is 5. The Balaban J connectivity index is 0.000000356. The Morgan fingerprint density at radius 1 is 0.636 bits per heavy atom. The largest absolute Gasteiger partial charge is 1.00 e. The summed E-state index contributed by atoms with van der Waals surface area (Å²) in [5.74, 6) is -2.78. The summed E-state index contributed by atoms with van der Waals surface area (Å²) in [6, 6.07) is 26.8. The number of ether oxygens (including phenoxy) is 8. The number of nitrogens with zero attached hydrogens (tertiary/aromatic N) is 10. The predicted molar refractivity (Wildman–Crippen MR) is 435 cm³/mol. The number of Topliss-reactive ketones (excluding diaryl/α,β-unsaturated/α-hetero) is 1. The van der Waals surface area contributed by atoms with Crippen LogP contribution in [0.15, 0.2) is 142 Å². The van der Waals surface area contributed by atoms with Crippen LogP contribution in [0.1, 0.15) is 59.6 Å². The van der Waals surface area contributed by atoms with Gasteiger partial charge >= 0.3 is 67.5 Å². The second kappa shape index (κ2) is 54.1. The van der Waals surface area contributed by atoms with Crippen LogP contribution in [0.5, 0.6) is 0 Å². The smallest absolute Gasteiger partial charge is 0.870 e. The maximum Gasteiger partial charge on any atom is 1.00 e. The Kier molecular flexibility index (Phi) is 48.4. The molecule has 2 unspecified atom stereocenters. The molecule has 6 aromatic heterocycles. The number of carboxylic acid groups (broad SMARTS) is 1. The van der Waals surface area contributed by atoms with Crippen LogP contribution in [0.3, 0.4) is 0 Å². The summed E-state index contributed by atoms with van der Waals surface area (Å²) in [7, 11) is 11.6. The number of aromatic nitrogens is 5. The quantitative estimate of drug-likeness (QED) is 0.0149. The number of hydrogen-bond donors (Lipinski definition) is 5. The Morgan fingerprint density at radius 2 is 1.06 bits per heavy atom. The number of hydroxylamine groups is 1. The first-order valence-electron chi connectivity index (χ1n) is 32.9. The number of rotatable bonds is 13. The molecule has 30 nitrogen and oxygen atoms in total. The van der Waals surface area contributed by atoms with E-state index < -0.39 is 34.7 Å². The first kappa shape index (κ1) is 98.4. The number of thiophene rings is 1. The van der Waals surface area contributed by atoms with Gasteiger partial charge < -0.3 is 83.5 Å². The molecule has 0 saturated carbocycles. The zero-order valence-corrected chi connectivity index (χ0v) is 71.5. The average Bonchev–Trinajstić information content (AvgIpc) is 1.23. The molecule has 6 fully saturated rings. The molecular weight excluding hydrogens is 1790 g/mol. The van der Waals surface area contributed by atoms with Gasteiger partial charge in [0.25, 0.3) is 0 Å². The number of thioether (sulfide) groups is 1. The normalized spacial score (nSPS) is 16.9. The van der Waals surface area contributed by atoms with Crippen molar-refractivity contribution in [3.8, 4) is 0 Å². The molecule has 1 radical (unpaired) electrons. The third-order valence-corrected chi connectivity index (χ3v) is 20.4. The van der Waals surface area contributed by atoms with Crippen LogP contribution < -0.4 is 54.6 Å². The molecule has 110 heavy (non-hydrogen) atoms. The molecule has 12 heterocycles. The van der Waals surface area contributed by atoms with Crippen LogP contribution in [-0.4, -0.2) is 251 Å². The molecule has 13 rings (SSSR count). The number of pyridine rings is 5. The molecule has 591 valence electrons. The summed E-state index contributed by atoms with van der Waals surface area (Å²) in [5.41, 5.74) is 7.73. The van der Waals surface area contributed by atoms with Gasteiger partial charge in [-0.1, -0.05) is 23.7 Å². The number of piperidine rings is 1. The molecule has 1 aromatic carbocycles. The minimum atomic E-state index is -1.03. The molecule has 6 aliphatic rings. The van der Waals surface area contributed by atoms with Crippen molar-refractivity contribution in [1.29, 1.82) is 0 Å². The third-order valence-electron chi connectivity index (χ3n) is 15.7. The first-order chi connectivity index (χ1) is 51.8. The van der Waals surface area contributed by atoms with Crippen molar-refractivity contribution in [2.45, 2.75) is 22.1 Å². The second-order valence-corrected chi connectivity index (χ2v) is 28.1. The minimum Gasteiger partial charge on any atom is -0.870 e. The number of morpholine rings is 5. The van der Waals surface area contributed by atoms with Crippen molar-refractivity contribution in [3.63, 3.8) is 0 Å². The molecule has 7 aromatic rings. The molecule has 0 aliphatic carbocycles. The predicted octanol–water partition coefficient (Wildman–Crippen LogP) is 6.88. The number of benzene rings is 1. The van der Waals surface area contributed by atoms with Gasteiger partial charge in [-0.2, -0.15) is 11.3 Å². The molecule has 5 N–H and O–H groups in total. The number of anilines is 4. The van der Waals surface area contributed by atoms with Gasteiger partial charge in [-0.05, 0) is 159 Å². The van der Waals surface area contributed by atoms with Crippen LogP contribution in [0.2, 0.25) is 5.02 Å². The maximum atomic E-state index is 13.4. The Bertz CT molecular complexity index is 3920. The van der Waals surface area contributed by atoms with Gasteiger partial charge in [0.15, 0.2) is 5.78 Å². The molecular formula is C69H84BBr4Cl2LiN13O17S3. The molecule has 41 heteroatoms.